The summed E-state index contributed by atoms with van der Waals surface area (Å²) in [6.45, 7) is 0.680. The summed E-state index contributed by atoms with van der Waals surface area (Å²) in [7, 11) is 1.88. The molecule has 0 spiro atoms. The first kappa shape index (κ1) is 10.5. The summed E-state index contributed by atoms with van der Waals surface area (Å²) < 4.78 is 12.9. The number of halogens is 1. The van der Waals surface area contributed by atoms with Gasteiger partial charge in [-0.3, -0.25) is 4.98 Å². The summed E-state index contributed by atoms with van der Waals surface area (Å²) >= 11 is 0. The Balaban J connectivity index is 2.12. The lowest BCUT2D eigenvalue weighted by molar-refractivity contribution is 0.582. The van der Waals surface area contributed by atoms with Crippen LogP contribution in [0.3, 0.4) is 0 Å². The molecule has 0 unspecified atom stereocenters. The molecule has 2 aromatic heterocycles. The number of hydrogen-bond donors (Lipinski definition) is 0. The largest absolute Gasteiger partial charge is 0.355 e. The first-order valence-corrected chi connectivity index (χ1v) is 4.98. The minimum Gasteiger partial charge on any atom is -0.355 e. The molecule has 0 radical (unpaired) electrons. The number of nitrogens with zero attached hydrogens (tertiary/aromatic N) is 3. The summed E-state index contributed by atoms with van der Waals surface area (Å²) in [5.41, 5.74) is 1.11. The summed E-state index contributed by atoms with van der Waals surface area (Å²) in [5, 5.41) is 0. The predicted octanol–water partition coefficient (Wildman–Crippen LogP) is 2.25. The summed E-state index contributed by atoms with van der Waals surface area (Å²) in [5.74, 6) is 0.163. The standard InChI is InChI=1S/C12H12FN3/c1-16(9-10-5-7-14-8-6-10)12-4-2-3-11(13)15-12/h2-8H,9H2,1H3. The predicted molar refractivity (Wildman–Crippen MR) is 60.5 cm³/mol. The van der Waals surface area contributed by atoms with Crippen molar-refractivity contribution in [1.29, 1.82) is 0 Å². The highest BCUT2D eigenvalue weighted by Crippen LogP contribution is 2.12. The molecule has 0 atom stereocenters. The van der Waals surface area contributed by atoms with Gasteiger partial charge in [-0.05, 0) is 29.8 Å². The van der Waals surface area contributed by atoms with Gasteiger partial charge in [-0.15, -0.1) is 0 Å². The monoisotopic (exact) mass is 217 g/mol. The van der Waals surface area contributed by atoms with Crippen LogP contribution in [0.1, 0.15) is 5.56 Å². The van der Waals surface area contributed by atoms with Crippen LogP contribution in [0.4, 0.5) is 10.2 Å². The first-order valence-electron chi connectivity index (χ1n) is 4.98. The molecular weight excluding hydrogens is 205 g/mol. The molecule has 2 heterocycles. The molecule has 0 N–H and O–H groups in total. The van der Waals surface area contributed by atoms with E-state index in [1.165, 1.54) is 6.07 Å². The van der Waals surface area contributed by atoms with Gasteiger partial charge in [0.1, 0.15) is 5.82 Å². The molecule has 0 aliphatic rings. The molecule has 0 aliphatic heterocycles. The van der Waals surface area contributed by atoms with Crippen LogP contribution >= 0.6 is 0 Å². The van der Waals surface area contributed by atoms with Gasteiger partial charge in [0.2, 0.25) is 5.95 Å². The molecule has 0 aromatic carbocycles. The molecule has 4 heteroatoms. The fourth-order valence-electron chi connectivity index (χ4n) is 1.45. The van der Waals surface area contributed by atoms with E-state index in [9.17, 15) is 4.39 Å². The first-order chi connectivity index (χ1) is 7.75. The van der Waals surface area contributed by atoms with Crippen molar-refractivity contribution < 1.29 is 4.39 Å². The van der Waals surface area contributed by atoms with Gasteiger partial charge in [0.25, 0.3) is 0 Å². The van der Waals surface area contributed by atoms with Crippen LogP contribution in [0.5, 0.6) is 0 Å². The number of pyridine rings is 2. The average molecular weight is 217 g/mol. The van der Waals surface area contributed by atoms with Crippen LogP contribution in [-0.2, 0) is 6.54 Å². The van der Waals surface area contributed by atoms with E-state index < -0.39 is 5.95 Å². The zero-order valence-electron chi connectivity index (χ0n) is 8.97. The Morgan fingerprint density at radius 3 is 2.62 bits per heavy atom. The van der Waals surface area contributed by atoms with Crippen molar-refractivity contribution >= 4 is 5.82 Å². The van der Waals surface area contributed by atoms with Crippen LogP contribution in [0.15, 0.2) is 42.7 Å². The van der Waals surface area contributed by atoms with Gasteiger partial charge < -0.3 is 4.90 Å². The van der Waals surface area contributed by atoms with Gasteiger partial charge in [0.15, 0.2) is 0 Å². The van der Waals surface area contributed by atoms with Gasteiger partial charge in [0, 0.05) is 26.0 Å². The van der Waals surface area contributed by atoms with Crippen LogP contribution in [0, 0.1) is 5.95 Å². The third-order valence-corrected chi connectivity index (χ3v) is 2.26. The minimum absolute atomic E-state index is 0.459. The highest BCUT2D eigenvalue weighted by Gasteiger charge is 2.03. The second-order valence-electron chi connectivity index (χ2n) is 3.53. The van der Waals surface area contributed by atoms with Crippen molar-refractivity contribution in [2.45, 2.75) is 6.54 Å². The van der Waals surface area contributed by atoms with E-state index in [-0.39, 0.29) is 0 Å². The Bertz CT molecular complexity index is 459. The van der Waals surface area contributed by atoms with E-state index in [0.29, 0.717) is 12.4 Å². The highest BCUT2D eigenvalue weighted by molar-refractivity contribution is 5.37. The molecule has 16 heavy (non-hydrogen) atoms. The van der Waals surface area contributed by atoms with Crippen LogP contribution in [-0.4, -0.2) is 17.0 Å². The third-order valence-electron chi connectivity index (χ3n) is 2.26. The van der Waals surface area contributed by atoms with E-state index in [0.717, 1.165) is 5.56 Å². The van der Waals surface area contributed by atoms with E-state index in [2.05, 4.69) is 9.97 Å². The maximum absolute atomic E-state index is 12.9. The van der Waals surface area contributed by atoms with Crippen molar-refractivity contribution in [3.05, 3.63) is 54.2 Å². The van der Waals surface area contributed by atoms with Gasteiger partial charge in [-0.25, -0.2) is 4.98 Å². The average Bonchev–Trinajstić information content (AvgIpc) is 2.30. The lowest BCUT2D eigenvalue weighted by Crippen LogP contribution is -2.17. The Hall–Kier alpha value is -1.97. The van der Waals surface area contributed by atoms with Crippen molar-refractivity contribution in [3.63, 3.8) is 0 Å². The number of aromatic nitrogens is 2. The van der Waals surface area contributed by atoms with Gasteiger partial charge >= 0.3 is 0 Å². The molecule has 82 valence electrons. The maximum Gasteiger partial charge on any atom is 0.214 e. The molecule has 0 amide bonds. The Morgan fingerprint density at radius 1 is 1.19 bits per heavy atom. The van der Waals surface area contributed by atoms with Crippen LogP contribution < -0.4 is 4.90 Å². The lowest BCUT2D eigenvalue weighted by atomic mass is 10.2. The van der Waals surface area contributed by atoms with Crippen molar-refractivity contribution in [2.24, 2.45) is 0 Å². The van der Waals surface area contributed by atoms with Gasteiger partial charge in [-0.1, -0.05) is 6.07 Å². The smallest absolute Gasteiger partial charge is 0.214 e. The number of hydrogen-bond acceptors (Lipinski definition) is 3. The van der Waals surface area contributed by atoms with Gasteiger partial charge in [0.05, 0.1) is 0 Å². The fourth-order valence-corrected chi connectivity index (χ4v) is 1.45. The molecule has 0 saturated carbocycles. The van der Waals surface area contributed by atoms with Crippen LogP contribution in [0.2, 0.25) is 0 Å². The highest BCUT2D eigenvalue weighted by atomic mass is 19.1. The van der Waals surface area contributed by atoms with E-state index in [4.69, 9.17) is 0 Å². The molecule has 3 nitrogen and oxygen atoms in total. The van der Waals surface area contributed by atoms with Gasteiger partial charge in [-0.2, -0.15) is 4.39 Å². The van der Waals surface area contributed by atoms with Crippen molar-refractivity contribution in [1.82, 2.24) is 9.97 Å². The second-order valence-corrected chi connectivity index (χ2v) is 3.53. The summed E-state index contributed by atoms with van der Waals surface area (Å²) in [6, 6.07) is 8.63. The summed E-state index contributed by atoms with van der Waals surface area (Å²) in [4.78, 5) is 9.65. The molecular formula is C12H12FN3. The molecule has 2 aromatic rings. The molecule has 0 fully saturated rings. The van der Waals surface area contributed by atoms with E-state index in [1.54, 1.807) is 24.5 Å². The fraction of sp³-hybridized carbons (Fsp3) is 0.167. The zero-order valence-corrected chi connectivity index (χ0v) is 8.97. The Labute approximate surface area is 93.6 Å². The lowest BCUT2D eigenvalue weighted by Gasteiger charge is -2.17. The molecule has 2 rings (SSSR count). The maximum atomic E-state index is 12.9. The molecule has 0 bridgehead atoms. The number of rotatable bonds is 3. The number of anilines is 1. The summed E-state index contributed by atoms with van der Waals surface area (Å²) in [6.07, 6.45) is 3.48. The SMILES string of the molecule is CN(Cc1ccncc1)c1cccc(F)n1. The second kappa shape index (κ2) is 4.70. The topological polar surface area (TPSA) is 29.0 Å². The molecule has 0 aliphatic carbocycles. The van der Waals surface area contributed by atoms with E-state index in [1.807, 2.05) is 24.1 Å². The minimum atomic E-state index is -0.459. The van der Waals surface area contributed by atoms with Crippen molar-refractivity contribution in [3.8, 4) is 0 Å². The van der Waals surface area contributed by atoms with E-state index >= 15 is 0 Å². The third kappa shape index (κ3) is 2.53. The quantitative estimate of drug-likeness (QED) is 0.738. The van der Waals surface area contributed by atoms with Crippen LogP contribution in [0.25, 0.3) is 0 Å². The Kier molecular flexibility index (Phi) is 3.10. The normalized spacial score (nSPS) is 10.1. The Morgan fingerprint density at radius 2 is 1.94 bits per heavy atom. The van der Waals surface area contributed by atoms with Crippen molar-refractivity contribution in [2.75, 3.05) is 11.9 Å². The zero-order chi connectivity index (χ0) is 11.4. The molecule has 0 saturated heterocycles.